The van der Waals surface area contributed by atoms with Gasteiger partial charge in [0.15, 0.2) is 0 Å². The van der Waals surface area contributed by atoms with Crippen molar-refractivity contribution in [3.63, 3.8) is 0 Å². The lowest BCUT2D eigenvalue weighted by molar-refractivity contribution is -0.128. The van der Waals surface area contributed by atoms with Crippen molar-refractivity contribution in [3.05, 3.63) is 35.9 Å². The van der Waals surface area contributed by atoms with Gasteiger partial charge in [0, 0.05) is 25.4 Å². The zero-order valence-corrected chi connectivity index (χ0v) is 9.81. The molecular formula is C14H17NO. The minimum absolute atomic E-state index is 0.217. The molecule has 2 heteroatoms. The van der Waals surface area contributed by atoms with Gasteiger partial charge >= 0.3 is 0 Å². The van der Waals surface area contributed by atoms with Crippen molar-refractivity contribution in [2.45, 2.75) is 19.3 Å². The molecule has 0 radical (unpaired) electrons. The van der Waals surface area contributed by atoms with E-state index in [0.717, 1.165) is 19.0 Å². The number of carbonyl (C=O) groups is 1. The molecule has 1 aliphatic carbocycles. The fourth-order valence-electron chi connectivity index (χ4n) is 3.48. The van der Waals surface area contributed by atoms with Gasteiger partial charge in [-0.25, -0.2) is 0 Å². The Hall–Kier alpha value is -1.31. The van der Waals surface area contributed by atoms with Crippen molar-refractivity contribution >= 4 is 5.91 Å². The van der Waals surface area contributed by atoms with Crippen LogP contribution in [0.1, 0.15) is 19.4 Å². The normalized spacial score (nSPS) is 36.0. The molecule has 16 heavy (non-hydrogen) atoms. The quantitative estimate of drug-likeness (QED) is 0.702. The molecule has 2 fully saturated rings. The number of carbonyl (C=O) groups excluding carboxylic acids is 1. The summed E-state index contributed by atoms with van der Waals surface area (Å²) in [6.07, 6.45) is 0. The summed E-state index contributed by atoms with van der Waals surface area (Å²) in [5.41, 5.74) is 1.68. The first-order valence-corrected chi connectivity index (χ1v) is 5.97. The molecule has 2 nitrogen and oxygen atoms in total. The Morgan fingerprint density at radius 1 is 1.38 bits per heavy atom. The van der Waals surface area contributed by atoms with Crippen molar-refractivity contribution in [2.75, 3.05) is 13.1 Å². The van der Waals surface area contributed by atoms with E-state index >= 15 is 0 Å². The first-order chi connectivity index (χ1) is 7.66. The van der Waals surface area contributed by atoms with Gasteiger partial charge in [-0.3, -0.25) is 4.79 Å². The van der Waals surface area contributed by atoms with Crippen molar-refractivity contribution < 1.29 is 4.79 Å². The maximum Gasteiger partial charge on any atom is 0.219 e. The van der Waals surface area contributed by atoms with Gasteiger partial charge in [0.2, 0.25) is 5.91 Å². The van der Waals surface area contributed by atoms with Crippen LogP contribution >= 0.6 is 0 Å². The second-order valence-electron chi connectivity index (χ2n) is 5.20. The van der Waals surface area contributed by atoms with Crippen molar-refractivity contribution in [3.8, 4) is 0 Å². The molecule has 1 aromatic rings. The summed E-state index contributed by atoms with van der Waals surface area (Å²) >= 11 is 0. The van der Waals surface area contributed by atoms with Gasteiger partial charge in [-0.1, -0.05) is 37.3 Å². The van der Waals surface area contributed by atoms with Crippen LogP contribution < -0.4 is 0 Å². The molecule has 1 amide bonds. The molecule has 1 aliphatic heterocycles. The van der Waals surface area contributed by atoms with Crippen LogP contribution in [-0.2, 0) is 10.2 Å². The standard InChI is InChI=1S/C14H17NO/c1-10-13-8-15(11(2)16)9-14(10,13)12-6-4-3-5-7-12/h3-7,10,13H,8-9H2,1-2H3. The van der Waals surface area contributed by atoms with Gasteiger partial charge in [0.1, 0.15) is 0 Å². The maximum atomic E-state index is 11.4. The number of rotatable bonds is 1. The van der Waals surface area contributed by atoms with Crippen LogP contribution in [-0.4, -0.2) is 23.9 Å². The first kappa shape index (κ1) is 9.88. The third kappa shape index (κ3) is 1.10. The summed E-state index contributed by atoms with van der Waals surface area (Å²) in [7, 11) is 0. The first-order valence-electron chi connectivity index (χ1n) is 5.97. The van der Waals surface area contributed by atoms with E-state index in [2.05, 4.69) is 37.3 Å². The van der Waals surface area contributed by atoms with E-state index in [9.17, 15) is 4.79 Å². The Balaban J connectivity index is 1.93. The topological polar surface area (TPSA) is 20.3 Å². The molecule has 2 aliphatic rings. The van der Waals surface area contributed by atoms with Crippen molar-refractivity contribution in [1.29, 1.82) is 0 Å². The summed E-state index contributed by atoms with van der Waals surface area (Å²) in [5, 5.41) is 0. The number of fused-ring (bicyclic) bond motifs is 1. The number of nitrogens with zero attached hydrogens (tertiary/aromatic N) is 1. The predicted molar refractivity (Wildman–Crippen MR) is 63.0 cm³/mol. The molecule has 1 saturated heterocycles. The third-order valence-electron chi connectivity index (χ3n) is 4.59. The van der Waals surface area contributed by atoms with Gasteiger partial charge in [-0.15, -0.1) is 0 Å². The van der Waals surface area contributed by atoms with Crippen molar-refractivity contribution in [1.82, 2.24) is 4.90 Å². The summed E-state index contributed by atoms with van der Waals surface area (Å²) in [4.78, 5) is 13.4. The fourth-order valence-corrected chi connectivity index (χ4v) is 3.48. The molecule has 3 rings (SSSR count). The van der Waals surface area contributed by atoms with E-state index in [0.29, 0.717) is 5.92 Å². The summed E-state index contributed by atoms with van der Waals surface area (Å²) in [6.45, 7) is 5.85. The van der Waals surface area contributed by atoms with Gasteiger partial charge in [-0.2, -0.15) is 0 Å². The average Bonchev–Trinajstić information content (AvgIpc) is 2.72. The summed E-state index contributed by atoms with van der Waals surface area (Å²) in [6, 6.07) is 10.7. The predicted octanol–water partition coefficient (Wildman–Crippen LogP) is 2.05. The highest BCUT2D eigenvalue weighted by atomic mass is 16.2. The highest BCUT2D eigenvalue weighted by Crippen LogP contribution is 2.63. The highest BCUT2D eigenvalue weighted by molar-refractivity contribution is 5.74. The number of piperidine rings is 1. The average molecular weight is 215 g/mol. The second kappa shape index (κ2) is 3.09. The molecule has 0 spiro atoms. The van der Waals surface area contributed by atoms with Gasteiger partial charge < -0.3 is 4.90 Å². The molecule has 0 bridgehead atoms. The van der Waals surface area contributed by atoms with E-state index in [1.165, 1.54) is 5.56 Å². The number of hydrogen-bond donors (Lipinski definition) is 0. The smallest absolute Gasteiger partial charge is 0.219 e. The van der Waals surface area contributed by atoms with E-state index in [1.807, 2.05) is 4.90 Å². The van der Waals surface area contributed by atoms with E-state index in [1.54, 1.807) is 6.92 Å². The van der Waals surface area contributed by atoms with Crippen LogP contribution in [0.2, 0.25) is 0 Å². The van der Waals surface area contributed by atoms with Crippen LogP contribution in [0.5, 0.6) is 0 Å². The van der Waals surface area contributed by atoms with Gasteiger partial charge in [0.05, 0.1) is 0 Å². The van der Waals surface area contributed by atoms with Crippen LogP contribution in [0, 0.1) is 11.8 Å². The van der Waals surface area contributed by atoms with Crippen molar-refractivity contribution in [2.24, 2.45) is 11.8 Å². The van der Waals surface area contributed by atoms with Crippen LogP contribution in [0.3, 0.4) is 0 Å². The molecule has 1 aromatic carbocycles. The minimum Gasteiger partial charge on any atom is -0.342 e. The second-order valence-corrected chi connectivity index (χ2v) is 5.20. The molecule has 3 unspecified atom stereocenters. The Bertz CT molecular complexity index is 428. The largest absolute Gasteiger partial charge is 0.342 e. The molecule has 1 heterocycles. The lowest BCUT2D eigenvalue weighted by Crippen LogP contribution is -2.32. The van der Waals surface area contributed by atoms with Crippen LogP contribution in [0.4, 0.5) is 0 Å². The Morgan fingerprint density at radius 2 is 2.06 bits per heavy atom. The third-order valence-corrected chi connectivity index (χ3v) is 4.59. The molecule has 84 valence electrons. The molecule has 3 atom stereocenters. The zero-order valence-electron chi connectivity index (χ0n) is 9.81. The van der Waals surface area contributed by atoms with Crippen LogP contribution in [0.25, 0.3) is 0 Å². The SMILES string of the molecule is CC(=O)N1CC2C(C)C2(c2ccccc2)C1. The highest BCUT2D eigenvalue weighted by Gasteiger charge is 2.67. The maximum absolute atomic E-state index is 11.4. The monoisotopic (exact) mass is 215 g/mol. The zero-order chi connectivity index (χ0) is 11.3. The Morgan fingerprint density at radius 3 is 2.69 bits per heavy atom. The number of amides is 1. The number of benzene rings is 1. The summed E-state index contributed by atoms with van der Waals surface area (Å²) < 4.78 is 0. The van der Waals surface area contributed by atoms with E-state index in [-0.39, 0.29) is 11.3 Å². The Labute approximate surface area is 96.3 Å². The molecule has 0 aromatic heterocycles. The fraction of sp³-hybridized carbons (Fsp3) is 0.500. The lowest BCUT2D eigenvalue weighted by Gasteiger charge is -2.21. The van der Waals surface area contributed by atoms with E-state index < -0.39 is 0 Å². The number of hydrogen-bond acceptors (Lipinski definition) is 1. The molecule has 1 saturated carbocycles. The molecule has 0 N–H and O–H groups in total. The molecular weight excluding hydrogens is 198 g/mol. The lowest BCUT2D eigenvalue weighted by atomic mass is 9.93. The minimum atomic E-state index is 0.217. The summed E-state index contributed by atoms with van der Waals surface area (Å²) in [5.74, 6) is 1.62. The van der Waals surface area contributed by atoms with Gasteiger partial charge in [0.25, 0.3) is 0 Å². The van der Waals surface area contributed by atoms with E-state index in [4.69, 9.17) is 0 Å². The Kier molecular flexibility index (Phi) is 1.91. The number of likely N-dealkylation sites (tertiary alicyclic amines) is 1. The van der Waals surface area contributed by atoms with Gasteiger partial charge in [-0.05, 0) is 17.4 Å². The van der Waals surface area contributed by atoms with Crippen LogP contribution in [0.15, 0.2) is 30.3 Å².